The molecule has 2 fully saturated rings. The molecule has 11 nitrogen and oxygen atoms in total. The number of benzene rings is 2. The van der Waals surface area contributed by atoms with Crippen LogP contribution in [0.2, 0.25) is 0 Å². The number of amides is 5. The number of urea groups is 1. The first-order valence-electron chi connectivity index (χ1n) is 10.5. The summed E-state index contributed by atoms with van der Waals surface area (Å²) in [5.74, 6) is -0.967. The highest BCUT2D eigenvalue weighted by Gasteiger charge is 2.52. The van der Waals surface area contributed by atoms with E-state index < -0.39 is 35.8 Å². The lowest BCUT2D eigenvalue weighted by atomic mass is 9.86. The molecule has 2 aliphatic rings. The fourth-order valence-corrected chi connectivity index (χ4v) is 4.13. The molecule has 11 heteroatoms. The van der Waals surface area contributed by atoms with E-state index in [9.17, 15) is 24.3 Å². The zero-order valence-electron chi connectivity index (χ0n) is 19.0. The number of nitrogens with zero attached hydrogens (tertiary/aromatic N) is 4. The molecule has 2 aromatic carbocycles. The van der Waals surface area contributed by atoms with Gasteiger partial charge in [0.05, 0.1) is 6.54 Å². The Bertz CT molecular complexity index is 1040. The smallest absolute Gasteiger partial charge is 0.428 e. The molecule has 2 aliphatic heterocycles. The van der Waals surface area contributed by atoms with Gasteiger partial charge in [0.1, 0.15) is 6.04 Å². The standard InChI is InChI=1S/C14H13NO2.C9H14N4O4/c15-13(16)14(17,11-7-3-1-4-8-11)12-9-5-2-6-10-12;1-5-7(14)10(2)4-6-12(5)8(15)11(3)13(6)9(16)17/h1-10,17H,(H2,15,16);5-6H,4H2,1-3H3,(H,16,17). The molecule has 2 aromatic rings. The first-order valence-corrected chi connectivity index (χ1v) is 10.5. The monoisotopic (exact) mass is 469 g/mol. The molecule has 4 rings (SSSR count). The van der Waals surface area contributed by atoms with Crippen LogP contribution in [0, 0.1) is 0 Å². The van der Waals surface area contributed by atoms with Gasteiger partial charge in [0.15, 0.2) is 11.8 Å². The summed E-state index contributed by atoms with van der Waals surface area (Å²) in [4.78, 5) is 49.1. The molecular weight excluding hydrogens is 442 g/mol. The van der Waals surface area contributed by atoms with Gasteiger partial charge in [-0.2, -0.15) is 5.01 Å². The number of nitrogens with two attached hydrogens (primary N) is 1. The second kappa shape index (κ2) is 9.40. The maximum Gasteiger partial charge on any atom is 0.428 e. The minimum absolute atomic E-state index is 0.185. The van der Waals surface area contributed by atoms with Crippen LogP contribution in [-0.4, -0.2) is 86.8 Å². The SMILES string of the molecule is CC1C(=O)N(C)CC2N1C(=O)N(C)N2C(=O)O.NC(=O)C(O)(c1ccccc1)c1ccccc1. The van der Waals surface area contributed by atoms with Crippen LogP contribution in [0.15, 0.2) is 60.7 Å². The zero-order chi connectivity index (χ0) is 25.2. The van der Waals surface area contributed by atoms with Crippen LogP contribution in [0.5, 0.6) is 0 Å². The number of rotatable bonds is 3. The van der Waals surface area contributed by atoms with E-state index in [1.807, 2.05) is 12.1 Å². The van der Waals surface area contributed by atoms with Crippen LogP contribution in [-0.2, 0) is 15.2 Å². The fraction of sp³-hybridized carbons (Fsp3) is 0.304. The fourth-order valence-electron chi connectivity index (χ4n) is 4.13. The molecule has 2 heterocycles. The van der Waals surface area contributed by atoms with Crippen molar-refractivity contribution >= 4 is 23.9 Å². The van der Waals surface area contributed by atoms with Crippen LogP contribution in [0.4, 0.5) is 9.59 Å². The quantitative estimate of drug-likeness (QED) is 0.607. The van der Waals surface area contributed by atoms with Crippen molar-refractivity contribution in [3.8, 4) is 0 Å². The first kappa shape index (κ1) is 24.5. The van der Waals surface area contributed by atoms with E-state index in [2.05, 4.69) is 0 Å². The van der Waals surface area contributed by atoms with Crippen LogP contribution < -0.4 is 5.73 Å². The summed E-state index contributed by atoms with van der Waals surface area (Å²) in [7, 11) is 2.98. The normalized spacial score (nSPS) is 20.0. The van der Waals surface area contributed by atoms with Crippen LogP contribution in [0.1, 0.15) is 18.1 Å². The molecule has 0 aliphatic carbocycles. The Morgan fingerprint density at radius 3 is 1.85 bits per heavy atom. The van der Waals surface area contributed by atoms with Crippen molar-refractivity contribution in [2.75, 3.05) is 20.6 Å². The van der Waals surface area contributed by atoms with Gasteiger partial charge in [-0.1, -0.05) is 60.7 Å². The molecular formula is C23H27N5O6. The number of hydrogen-bond donors (Lipinski definition) is 3. The summed E-state index contributed by atoms with van der Waals surface area (Å²) in [5.41, 5.74) is 4.51. The number of hydrazine groups is 1. The topological polar surface area (TPSA) is 148 Å². The number of piperazine rings is 1. The zero-order valence-corrected chi connectivity index (χ0v) is 19.0. The number of carbonyl (C=O) groups excluding carboxylic acids is 3. The number of fused-ring (bicyclic) bond motifs is 1. The maximum atomic E-state index is 11.9. The van der Waals surface area contributed by atoms with E-state index in [0.29, 0.717) is 11.1 Å². The lowest BCUT2D eigenvalue weighted by Crippen LogP contribution is -2.61. The molecule has 2 atom stereocenters. The average Bonchev–Trinajstić information content (AvgIpc) is 3.08. The second-order valence-corrected chi connectivity index (χ2v) is 8.02. The van der Waals surface area contributed by atoms with Gasteiger partial charge in [-0.25, -0.2) is 14.6 Å². The molecule has 2 saturated heterocycles. The van der Waals surface area contributed by atoms with Gasteiger partial charge in [-0.3, -0.25) is 14.5 Å². The third-order valence-electron chi connectivity index (χ3n) is 5.95. The third-order valence-corrected chi connectivity index (χ3v) is 5.95. The van der Waals surface area contributed by atoms with E-state index in [-0.39, 0.29) is 12.5 Å². The van der Waals surface area contributed by atoms with Crippen LogP contribution in [0.3, 0.4) is 0 Å². The number of carboxylic acid groups (broad SMARTS) is 1. The van der Waals surface area contributed by atoms with Crippen molar-refractivity contribution in [2.45, 2.75) is 24.7 Å². The molecule has 0 aromatic heterocycles. The Hall–Kier alpha value is -4.12. The van der Waals surface area contributed by atoms with E-state index in [1.165, 1.54) is 16.8 Å². The van der Waals surface area contributed by atoms with Crippen molar-refractivity contribution in [1.29, 1.82) is 0 Å². The van der Waals surface area contributed by atoms with Crippen molar-refractivity contribution in [3.05, 3.63) is 71.8 Å². The molecule has 0 saturated carbocycles. The predicted octanol–water partition coefficient (Wildman–Crippen LogP) is 0.843. The lowest BCUT2D eigenvalue weighted by Gasteiger charge is -2.39. The molecule has 180 valence electrons. The Labute approximate surface area is 196 Å². The molecule has 34 heavy (non-hydrogen) atoms. The third kappa shape index (κ3) is 4.13. The molecule has 2 unspecified atom stereocenters. The van der Waals surface area contributed by atoms with Crippen molar-refractivity contribution in [1.82, 2.24) is 19.8 Å². The summed E-state index contributed by atoms with van der Waals surface area (Å²) in [6.45, 7) is 1.79. The van der Waals surface area contributed by atoms with Crippen LogP contribution >= 0.6 is 0 Å². The van der Waals surface area contributed by atoms with Gasteiger partial charge in [0.2, 0.25) is 5.91 Å². The Morgan fingerprint density at radius 1 is 0.971 bits per heavy atom. The average molecular weight is 469 g/mol. The van der Waals surface area contributed by atoms with Gasteiger partial charge < -0.3 is 20.8 Å². The van der Waals surface area contributed by atoms with Gasteiger partial charge in [0, 0.05) is 14.1 Å². The summed E-state index contributed by atoms with van der Waals surface area (Å²) in [6, 6.07) is 16.3. The van der Waals surface area contributed by atoms with E-state index in [1.54, 1.807) is 62.5 Å². The Kier molecular flexibility index (Phi) is 6.78. The molecule has 5 amide bonds. The minimum atomic E-state index is -1.78. The van der Waals surface area contributed by atoms with Gasteiger partial charge in [0.25, 0.3) is 5.91 Å². The lowest BCUT2D eigenvalue weighted by molar-refractivity contribution is -0.142. The molecule has 0 spiro atoms. The number of hydrogen-bond acceptors (Lipinski definition) is 5. The summed E-state index contributed by atoms with van der Waals surface area (Å²) >= 11 is 0. The summed E-state index contributed by atoms with van der Waals surface area (Å²) in [5, 5.41) is 21.6. The molecule has 0 radical (unpaired) electrons. The van der Waals surface area contributed by atoms with Gasteiger partial charge in [-0.15, -0.1) is 0 Å². The Balaban J connectivity index is 0.000000191. The van der Waals surface area contributed by atoms with Crippen molar-refractivity contribution < 1.29 is 29.4 Å². The first-order chi connectivity index (χ1) is 16.0. The number of primary amides is 1. The highest BCUT2D eigenvalue weighted by atomic mass is 16.4. The van der Waals surface area contributed by atoms with Gasteiger partial charge >= 0.3 is 12.1 Å². The van der Waals surface area contributed by atoms with Gasteiger partial charge in [-0.05, 0) is 18.1 Å². The Morgan fingerprint density at radius 2 is 1.44 bits per heavy atom. The summed E-state index contributed by atoms with van der Waals surface area (Å²) in [6.07, 6.45) is -1.84. The molecule has 0 bridgehead atoms. The second-order valence-electron chi connectivity index (χ2n) is 8.02. The van der Waals surface area contributed by atoms with Crippen LogP contribution in [0.25, 0.3) is 0 Å². The summed E-state index contributed by atoms with van der Waals surface area (Å²) < 4.78 is 0. The number of likely N-dealkylation sites (N-methyl/N-ethyl adjacent to an activating group) is 1. The highest BCUT2D eigenvalue weighted by molar-refractivity contribution is 5.90. The van der Waals surface area contributed by atoms with E-state index in [0.717, 1.165) is 10.0 Å². The number of aliphatic hydroxyl groups is 1. The minimum Gasteiger partial charge on any atom is -0.464 e. The van der Waals surface area contributed by atoms with E-state index in [4.69, 9.17) is 10.8 Å². The number of carbonyl (C=O) groups is 4. The highest BCUT2D eigenvalue weighted by Crippen LogP contribution is 2.29. The van der Waals surface area contributed by atoms with E-state index >= 15 is 0 Å². The van der Waals surface area contributed by atoms with Crippen molar-refractivity contribution in [2.24, 2.45) is 5.73 Å². The largest absolute Gasteiger partial charge is 0.464 e. The van der Waals surface area contributed by atoms with Crippen molar-refractivity contribution in [3.63, 3.8) is 0 Å². The predicted molar refractivity (Wildman–Crippen MR) is 121 cm³/mol. The maximum absolute atomic E-state index is 11.9. The molecule has 4 N–H and O–H groups in total.